The molecule has 1 saturated carbocycles. The van der Waals surface area contributed by atoms with Gasteiger partial charge in [-0.05, 0) is 107 Å². The third kappa shape index (κ3) is 10.2. The smallest absolute Gasteiger partial charge is 0.280 e. The molecule has 2 aliphatic rings. The maximum absolute atomic E-state index is 13.7. The first-order valence-corrected chi connectivity index (χ1v) is 22.2. The highest BCUT2D eigenvalue weighted by molar-refractivity contribution is 7.90. The molecule has 0 aliphatic heterocycles. The highest BCUT2D eigenvalue weighted by Crippen LogP contribution is 2.57. The number of carbonyl (C=O) groups excluding carboxylic acids is 5. The first-order valence-electron chi connectivity index (χ1n) is 20.7. The molecule has 0 spiro atoms. The lowest BCUT2D eigenvalue weighted by Gasteiger charge is -2.55. The van der Waals surface area contributed by atoms with Gasteiger partial charge >= 0.3 is 0 Å². The number of benzene rings is 2. The van der Waals surface area contributed by atoms with Crippen LogP contribution in [-0.4, -0.2) is 68.4 Å². The molecule has 2 aliphatic carbocycles. The first kappa shape index (κ1) is 46.2. The minimum absolute atomic E-state index is 0.00708. The van der Waals surface area contributed by atoms with Crippen LogP contribution in [0.5, 0.6) is 5.75 Å². The maximum Gasteiger partial charge on any atom is 0.280 e. The van der Waals surface area contributed by atoms with Crippen LogP contribution >= 0.6 is 0 Å². The van der Waals surface area contributed by atoms with Crippen molar-refractivity contribution in [3.8, 4) is 5.75 Å². The zero-order valence-corrected chi connectivity index (χ0v) is 36.8. The van der Waals surface area contributed by atoms with E-state index in [0.717, 1.165) is 56.5 Å². The number of ether oxygens (including phenoxy) is 1. The zero-order valence-electron chi connectivity index (χ0n) is 35.9. The predicted octanol–water partition coefficient (Wildman–Crippen LogP) is 5.15. The number of carbonyl (C=O) groups is 5. The Morgan fingerprint density at radius 2 is 1.62 bits per heavy atom. The van der Waals surface area contributed by atoms with E-state index in [1.165, 1.54) is 28.8 Å². The standard InChI is InChI=1S/C45H60N6O8S/c1-26(2)24-59-35-21-32(23-47-39(35)43(56)49-37(52)22-46)42(55)51-60(57,58)33-14-10-29(11-15-33)40(53)41(54)38(28(5)6)50-48-25-44(7)18-9-19-45(8)34-16-12-30(27(3)4)20-31(34)13-17-36(44)45/h10-12,14-16,20-21,23,26-28,36,38,48,50H,9,13,17-19,22,24-25,46H2,1-8H3,(H,51,55)(H,49,52,56)/t36-,38-,44+,45+/m0/s1. The molecular weight excluding hydrogens is 785 g/mol. The minimum atomic E-state index is -4.47. The predicted molar refractivity (Wildman–Crippen MR) is 228 cm³/mol. The molecule has 0 bridgehead atoms. The van der Waals surface area contributed by atoms with Crippen LogP contribution in [0.1, 0.15) is 135 Å². The van der Waals surface area contributed by atoms with Crippen LogP contribution in [0, 0.1) is 23.2 Å². The van der Waals surface area contributed by atoms with Gasteiger partial charge in [-0.15, -0.1) is 0 Å². The van der Waals surface area contributed by atoms with Crippen molar-refractivity contribution in [2.75, 3.05) is 19.7 Å². The summed E-state index contributed by atoms with van der Waals surface area (Å²) < 4.78 is 34.2. The number of pyridine rings is 1. The van der Waals surface area contributed by atoms with Crippen LogP contribution in [-0.2, 0) is 31.4 Å². The number of Topliss-reactive ketones (excluding diaryl/α,β-unsaturated/α-hetero) is 2. The van der Waals surface area contributed by atoms with E-state index < -0.39 is 51.9 Å². The highest BCUT2D eigenvalue weighted by Gasteiger charge is 2.51. The van der Waals surface area contributed by atoms with Crippen LogP contribution < -0.4 is 31.4 Å². The number of rotatable bonds is 17. The largest absolute Gasteiger partial charge is 0.491 e. The van der Waals surface area contributed by atoms with E-state index in [2.05, 4.69) is 67.0 Å². The summed E-state index contributed by atoms with van der Waals surface area (Å²) in [7, 11) is -4.47. The van der Waals surface area contributed by atoms with E-state index in [-0.39, 0.29) is 56.7 Å². The van der Waals surface area contributed by atoms with Gasteiger partial charge in [0.1, 0.15) is 0 Å². The molecule has 1 aromatic heterocycles. The van der Waals surface area contributed by atoms with Crippen molar-refractivity contribution >= 4 is 39.3 Å². The van der Waals surface area contributed by atoms with Crippen molar-refractivity contribution in [2.45, 2.75) is 110 Å². The highest BCUT2D eigenvalue weighted by atomic mass is 32.2. The molecule has 2 aromatic carbocycles. The number of imide groups is 1. The molecule has 1 fully saturated rings. The molecule has 14 nitrogen and oxygen atoms in total. The van der Waals surface area contributed by atoms with E-state index in [0.29, 0.717) is 18.4 Å². The second kappa shape index (κ2) is 18.8. The molecule has 0 unspecified atom stereocenters. The van der Waals surface area contributed by atoms with Gasteiger partial charge in [0.15, 0.2) is 11.4 Å². The lowest BCUT2D eigenvalue weighted by Crippen LogP contribution is -2.57. The number of hydrazine groups is 1. The molecule has 4 atom stereocenters. The third-order valence-electron chi connectivity index (χ3n) is 12.1. The van der Waals surface area contributed by atoms with Crippen molar-refractivity contribution in [2.24, 2.45) is 28.9 Å². The number of ketones is 2. The third-order valence-corrected chi connectivity index (χ3v) is 13.4. The topological polar surface area (TPSA) is 216 Å². The van der Waals surface area contributed by atoms with E-state index >= 15 is 0 Å². The Labute approximate surface area is 353 Å². The molecule has 5 rings (SSSR count). The van der Waals surface area contributed by atoms with Crippen molar-refractivity contribution in [1.29, 1.82) is 0 Å². The molecule has 15 heteroatoms. The molecular formula is C45H60N6O8S. The van der Waals surface area contributed by atoms with Gasteiger partial charge in [-0.1, -0.05) is 80.0 Å². The number of hydrogen-bond donors (Lipinski definition) is 5. The second-order valence-electron chi connectivity index (χ2n) is 17.8. The average molecular weight is 845 g/mol. The van der Waals surface area contributed by atoms with Crippen molar-refractivity contribution in [1.82, 2.24) is 25.9 Å². The fourth-order valence-corrected chi connectivity index (χ4v) is 9.74. The minimum Gasteiger partial charge on any atom is -0.491 e. The Morgan fingerprint density at radius 3 is 2.25 bits per heavy atom. The average Bonchev–Trinajstić information content (AvgIpc) is 3.20. The van der Waals surface area contributed by atoms with Crippen molar-refractivity contribution in [3.05, 3.63) is 88.2 Å². The maximum atomic E-state index is 13.7. The Bertz CT molecular complexity index is 2220. The number of sulfonamides is 1. The monoisotopic (exact) mass is 844 g/mol. The number of aryl methyl sites for hydroxylation is 1. The Kier molecular flexibility index (Phi) is 14.5. The zero-order chi connectivity index (χ0) is 44.2. The number of hydrogen-bond acceptors (Lipinski definition) is 12. The summed E-state index contributed by atoms with van der Waals surface area (Å²) >= 11 is 0. The van der Waals surface area contributed by atoms with Crippen LogP contribution in [0.15, 0.2) is 59.6 Å². The Hall–Kier alpha value is -4.83. The summed E-state index contributed by atoms with van der Waals surface area (Å²) in [5.74, 6) is -3.64. The molecule has 1 heterocycles. The summed E-state index contributed by atoms with van der Waals surface area (Å²) in [5, 5.41) is 2.06. The van der Waals surface area contributed by atoms with Gasteiger partial charge in [0.05, 0.1) is 29.7 Å². The molecule has 0 saturated heterocycles. The normalized spacial score (nSPS) is 20.6. The molecule has 60 heavy (non-hydrogen) atoms. The second-order valence-corrected chi connectivity index (χ2v) is 19.5. The van der Waals surface area contributed by atoms with E-state index in [1.54, 1.807) is 0 Å². The molecule has 3 amide bonds. The molecule has 3 aromatic rings. The fourth-order valence-electron chi connectivity index (χ4n) is 8.76. The van der Waals surface area contributed by atoms with Crippen molar-refractivity contribution < 1.29 is 37.1 Å². The number of nitrogens with two attached hydrogens (primary N) is 1. The van der Waals surface area contributed by atoms with E-state index in [9.17, 15) is 32.4 Å². The first-order chi connectivity index (χ1) is 28.2. The Morgan fingerprint density at radius 1 is 0.917 bits per heavy atom. The van der Waals surface area contributed by atoms with Crippen LogP contribution in [0.25, 0.3) is 0 Å². The van der Waals surface area contributed by atoms with Gasteiger partial charge in [0.2, 0.25) is 17.5 Å². The number of aromatic nitrogens is 1. The van der Waals surface area contributed by atoms with E-state index in [1.807, 2.05) is 32.4 Å². The van der Waals surface area contributed by atoms with Gasteiger partial charge < -0.3 is 10.5 Å². The summed E-state index contributed by atoms with van der Waals surface area (Å²) in [6.07, 6.45) is 6.36. The van der Waals surface area contributed by atoms with E-state index in [4.69, 9.17) is 10.5 Å². The number of nitrogens with zero attached hydrogens (tertiary/aromatic N) is 1. The number of fused-ring (bicyclic) bond motifs is 3. The quantitative estimate of drug-likeness (QED) is 0.0678. The van der Waals surface area contributed by atoms with Crippen LogP contribution in [0.4, 0.5) is 0 Å². The molecule has 324 valence electrons. The van der Waals surface area contributed by atoms with Crippen LogP contribution in [0.3, 0.4) is 0 Å². The van der Waals surface area contributed by atoms with Gasteiger partial charge in [-0.25, -0.2) is 23.5 Å². The van der Waals surface area contributed by atoms with Gasteiger partial charge in [-0.2, -0.15) is 0 Å². The summed E-state index contributed by atoms with van der Waals surface area (Å²) in [6.45, 7) is 16.9. The summed E-state index contributed by atoms with van der Waals surface area (Å²) in [4.78, 5) is 68.2. The lowest BCUT2D eigenvalue weighted by atomic mass is 9.50. The van der Waals surface area contributed by atoms with Gasteiger partial charge in [-0.3, -0.25) is 34.7 Å². The number of nitrogens with one attached hydrogen (secondary N) is 4. The molecule has 6 N–H and O–H groups in total. The van der Waals surface area contributed by atoms with Gasteiger partial charge in [0.25, 0.3) is 21.8 Å². The SMILES string of the molecule is CC(C)COc1cc(C(=O)NS(=O)(=O)c2ccc(C(=O)C(=O)[C@@H](NNC[C@@]3(C)CCC[C@]4(C)c5ccc(C(C)C)cc5CC[C@@H]34)C(C)C)cc2)cnc1C(=O)NC(=O)CN. The fraction of sp³-hybridized carbons (Fsp3) is 0.511. The molecule has 0 radical (unpaired) electrons. The Balaban J connectivity index is 1.23. The number of amides is 3. The summed E-state index contributed by atoms with van der Waals surface area (Å²) in [6, 6.07) is 12.1. The lowest BCUT2D eigenvalue weighted by molar-refractivity contribution is -0.119. The summed E-state index contributed by atoms with van der Waals surface area (Å²) in [5.41, 5.74) is 15.6. The van der Waals surface area contributed by atoms with Crippen molar-refractivity contribution in [3.63, 3.8) is 0 Å². The van der Waals surface area contributed by atoms with Gasteiger partial charge in [0, 0.05) is 18.3 Å². The van der Waals surface area contributed by atoms with Crippen LogP contribution in [0.2, 0.25) is 0 Å².